The summed E-state index contributed by atoms with van der Waals surface area (Å²) >= 11 is 5.92. The van der Waals surface area contributed by atoms with Gasteiger partial charge in [-0.15, -0.1) is 0 Å². The lowest BCUT2D eigenvalue weighted by molar-refractivity contribution is 0.350. The SMILES string of the molecule is CCC(C)(C)CNS(=O)(=O)c1ccc(Cl)c(CN)c1. The van der Waals surface area contributed by atoms with E-state index in [0.717, 1.165) is 6.42 Å². The average Bonchev–Trinajstić information content (AvgIpc) is 2.37. The Morgan fingerprint density at radius 2 is 2.00 bits per heavy atom. The number of halogens is 1. The van der Waals surface area contributed by atoms with Gasteiger partial charge in [0.1, 0.15) is 0 Å². The zero-order valence-electron chi connectivity index (χ0n) is 11.5. The lowest BCUT2D eigenvalue weighted by Crippen LogP contribution is -2.33. The molecule has 0 saturated carbocycles. The van der Waals surface area contributed by atoms with Crippen molar-refractivity contribution in [1.29, 1.82) is 0 Å². The second-order valence-electron chi connectivity index (χ2n) is 5.30. The van der Waals surface area contributed by atoms with E-state index in [0.29, 0.717) is 17.1 Å². The lowest BCUT2D eigenvalue weighted by atomic mass is 9.91. The molecule has 108 valence electrons. The normalized spacial score (nSPS) is 12.7. The molecule has 4 nitrogen and oxygen atoms in total. The minimum atomic E-state index is -3.52. The number of hydrogen-bond acceptors (Lipinski definition) is 3. The molecular formula is C13H21ClN2O2S. The second-order valence-corrected chi connectivity index (χ2v) is 7.47. The fourth-order valence-electron chi connectivity index (χ4n) is 1.37. The van der Waals surface area contributed by atoms with Crippen LogP contribution in [0.25, 0.3) is 0 Å². The average molecular weight is 305 g/mol. The molecule has 0 bridgehead atoms. The molecule has 0 radical (unpaired) electrons. The van der Waals surface area contributed by atoms with Crippen molar-refractivity contribution in [3.63, 3.8) is 0 Å². The third kappa shape index (κ3) is 4.45. The van der Waals surface area contributed by atoms with Crippen molar-refractivity contribution in [3.8, 4) is 0 Å². The minimum absolute atomic E-state index is 0.0732. The molecule has 0 aliphatic carbocycles. The summed E-state index contributed by atoms with van der Waals surface area (Å²) in [6.07, 6.45) is 0.893. The van der Waals surface area contributed by atoms with E-state index < -0.39 is 10.0 Å². The van der Waals surface area contributed by atoms with Gasteiger partial charge in [-0.05, 0) is 35.6 Å². The molecule has 0 aliphatic rings. The third-order valence-electron chi connectivity index (χ3n) is 3.25. The van der Waals surface area contributed by atoms with Crippen molar-refractivity contribution < 1.29 is 8.42 Å². The van der Waals surface area contributed by atoms with E-state index in [1.54, 1.807) is 6.07 Å². The van der Waals surface area contributed by atoms with Gasteiger partial charge in [0.15, 0.2) is 0 Å². The van der Waals surface area contributed by atoms with Gasteiger partial charge in [0.2, 0.25) is 10.0 Å². The van der Waals surface area contributed by atoms with E-state index in [-0.39, 0.29) is 16.9 Å². The number of nitrogens with one attached hydrogen (secondary N) is 1. The maximum Gasteiger partial charge on any atom is 0.240 e. The maximum atomic E-state index is 12.2. The van der Waals surface area contributed by atoms with Crippen molar-refractivity contribution in [3.05, 3.63) is 28.8 Å². The molecule has 0 aromatic heterocycles. The molecule has 3 N–H and O–H groups in total. The molecule has 0 spiro atoms. The van der Waals surface area contributed by atoms with E-state index in [1.165, 1.54) is 12.1 Å². The Kier molecular flexibility index (Phi) is 5.38. The van der Waals surface area contributed by atoms with Gasteiger partial charge in [0.05, 0.1) is 4.90 Å². The van der Waals surface area contributed by atoms with Crippen LogP contribution in [0, 0.1) is 5.41 Å². The highest BCUT2D eigenvalue weighted by Crippen LogP contribution is 2.22. The van der Waals surface area contributed by atoms with E-state index in [4.69, 9.17) is 17.3 Å². The van der Waals surface area contributed by atoms with Gasteiger partial charge in [-0.3, -0.25) is 0 Å². The molecule has 1 rings (SSSR count). The first-order chi connectivity index (χ1) is 8.72. The number of sulfonamides is 1. The van der Waals surface area contributed by atoms with Crippen LogP contribution in [0.1, 0.15) is 32.8 Å². The summed E-state index contributed by atoms with van der Waals surface area (Å²) in [5, 5.41) is 0.482. The predicted molar refractivity (Wildman–Crippen MR) is 78.6 cm³/mol. The molecule has 0 unspecified atom stereocenters. The Bertz CT molecular complexity index is 542. The largest absolute Gasteiger partial charge is 0.326 e. The molecular weight excluding hydrogens is 284 g/mol. The first kappa shape index (κ1) is 16.4. The van der Waals surface area contributed by atoms with Crippen molar-refractivity contribution in [2.24, 2.45) is 11.1 Å². The summed E-state index contributed by atoms with van der Waals surface area (Å²) in [5.74, 6) is 0. The van der Waals surface area contributed by atoms with Crippen LogP contribution in [-0.2, 0) is 16.6 Å². The molecule has 6 heteroatoms. The monoisotopic (exact) mass is 304 g/mol. The highest BCUT2D eigenvalue weighted by molar-refractivity contribution is 7.89. The summed E-state index contributed by atoms with van der Waals surface area (Å²) in [5.41, 5.74) is 6.08. The van der Waals surface area contributed by atoms with E-state index in [9.17, 15) is 8.42 Å². The summed E-state index contributed by atoms with van der Waals surface area (Å²) < 4.78 is 27.0. The van der Waals surface area contributed by atoms with Crippen molar-refractivity contribution in [2.75, 3.05) is 6.54 Å². The summed E-state index contributed by atoms with van der Waals surface area (Å²) in [4.78, 5) is 0.198. The van der Waals surface area contributed by atoms with Gasteiger partial charge in [-0.2, -0.15) is 0 Å². The maximum absolute atomic E-state index is 12.2. The first-order valence-electron chi connectivity index (χ1n) is 6.20. The summed E-state index contributed by atoms with van der Waals surface area (Å²) in [7, 11) is -3.52. The summed E-state index contributed by atoms with van der Waals surface area (Å²) in [6.45, 7) is 6.67. The summed E-state index contributed by atoms with van der Waals surface area (Å²) in [6, 6.07) is 4.57. The van der Waals surface area contributed by atoms with Gasteiger partial charge >= 0.3 is 0 Å². The highest BCUT2D eigenvalue weighted by atomic mass is 35.5. The van der Waals surface area contributed by atoms with Crippen molar-refractivity contribution in [2.45, 2.75) is 38.6 Å². The van der Waals surface area contributed by atoms with Gasteiger partial charge in [-0.25, -0.2) is 13.1 Å². The highest BCUT2D eigenvalue weighted by Gasteiger charge is 2.21. The minimum Gasteiger partial charge on any atom is -0.326 e. The van der Waals surface area contributed by atoms with E-state index in [1.807, 2.05) is 20.8 Å². The zero-order valence-corrected chi connectivity index (χ0v) is 13.1. The molecule has 19 heavy (non-hydrogen) atoms. The van der Waals surface area contributed by atoms with Crippen LogP contribution in [-0.4, -0.2) is 15.0 Å². The van der Waals surface area contributed by atoms with Crippen molar-refractivity contribution in [1.82, 2.24) is 4.72 Å². The molecule has 0 amide bonds. The number of benzene rings is 1. The Morgan fingerprint density at radius 1 is 1.37 bits per heavy atom. The van der Waals surface area contributed by atoms with E-state index >= 15 is 0 Å². The molecule has 0 atom stereocenters. The Hall–Kier alpha value is -0.620. The van der Waals surface area contributed by atoms with Crippen LogP contribution < -0.4 is 10.5 Å². The smallest absolute Gasteiger partial charge is 0.240 e. The van der Waals surface area contributed by atoms with Crippen LogP contribution in [0.2, 0.25) is 5.02 Å². The van der Waals surface area contributed by atoms with Crippen LogP contribution in [0.15, 0.2) is 23.1 Å². The lowest BCUT2D eigenvalue weighted by Gasteiger charge is -2.22. The molecule has 0 aliphatic heterocycles. The van der Waals surface area contributed by atoms with Gasteiger partial charge in [0.25, 0.3) is 0 Å². The third-order valence-corrected chi connectivity index (χ3v) is 5.01. The number of rotatable bonds is 6. The Labute approximate surface area is 120 Å². The van der Waals surface area contributed by atoms with Gasteiger partial charge in [0, 0.05) is 18.1 Å². The zero-order chi connectivity index (χ0) is 14.7. The molecule has 1 aromatic carbocycles. The molecule has 0 heterocycles. The Morgan fingerprint density at radius 3 is 2.53 bits per heavy atom. The van der Waals surface area contributed by atoms with Crippen LogP contribution in [0.3, 0.4) is 0 Å². The fraction of sp³-hybridized carbons (Fsp3) is 0.538. The predicted octanol–water partition coefficient (Wildman–Crippen LogP) is 2.51. The standard InChI is InChI=1S/C13H21ClN2O2S/c1-4-13(2,3)9-16-19(17,18)11-5-6-12(14)10(7-11)8-15/h5-7,16H,4,8-9,15H2,1-3H3. The van der Waals surface area contributed by atoms with Crippen LogP contribution in [0.5, 0.6) is 0 Å². The second kappa shape index (κ2) is 6.22. The first-order valence-corrected chi connectivity index (χ1v) is 8.06. The van der Waals surface area contributed by atoms with Gasteiger partial charge in [-0.1, -0.05) is 32.4 Å². The van der Waals surface area contributed by atoms with Gasteiger partial charge < -0.3 is 5.73 Å². The number of nitrogens with two attached hydrogens (primary N) is 1. The molecule has 0 saturated heterocycles. The topological polar surface area (TPSA) is 72.2 Å². The Balaban J connectivity index is 2.95. The molecule has 1 aromatic rings. The molecule has 0 fully saturated rings. The van der Waals surface area contributed by atoms with Crippen LogP contribution in [0.4, 0.5) is 0 Å². The van der Waals surface area contributed by atoms with E-state index in [2.05, 4.69) is 4.72 Å². The van der Waals surface area contributed by atoms with Crippen molar-refractivity contribution >= 4 is 21.6 Å². The number of hydrogen-bond donors (Lipinski definition) is 2. The fourth-order valence-corrected chi connectivity index (χ4v) is 2.86. The quantitative estimate of drug-likeness (QED) is 0.848. The van der Waals surface area contributed by atoms with Crippen LogP contribution >= 0.6 is 11.6 Å².